The van der Waals surface area contributed by atoms with Gasteiger partial charge in [0.1, 0.15) is 0 Å². The van der Waals surface area contributed by atoms with Crippen molar-refractivity contribution in [2.75, 3.05) is 0 Å². The van der Waals surface area contributed by atoms with Crippen LogP contribution in [0.2, 0.25) is 0 Å². The molecule has 13 heavy (non-hydrogen) atoms. The topological polar surface area (TPSA) is 20.7 Å². The zero-order valence-electron chi connectivity index (χ0n) is 6.90. The Balaban J connectivity index is 2.54. The number of imidazole rings is 1. The van der Waals surface area contributed by atoms with Crippen molar-refractivity contribution in [3.8, 4) is 5.69 Å². The van der Waals surface area contributed by atoms with Crippen LogP contribution in [-0.2, 0) is 0 Å². The zero-order valence-corrected chi connectivity index (χ0v) is 8.87. The molecule has 4 heteroatoms. The highest BCUT2D eigenvalue weighted by Gasteiger charge is 1.95. The number of aromatic nitrogens is 2. The van der Waals surface area contributed by atoms with Gasteiger partial charge in [-0.05, 0) is 29.7 Å². The van der Waals surface area contributed by atoms with Crippen LogP contribution in [0, 0.1) is 4.77 Å². The van der Waals surface area contributed by atoms with Gasteiger partial charge in [-0.3, -0.25) is 4.57 Å². The number of nitrogens with zero attached hydrogens (tertiary/aromatic N) is 1. The minimum Gasteiger partial charge on any atom is -0.337 e. The average Bonchev–Trinajstić information content (AvgIpc) is 2.53. The Hall–Kier alpha value is -0.920. The zero-order chi connectivity index (χ0) is 9.26. The van der Waals surface area contributed by atoms with Crippen molar-refractivity contribution in [3.63, 3.8) is 0 Å². The SMILES string of the molecule is Pc1ccc(-n2cc[nH]c2=S)cc1. The van der Waals surface area contributed by atoms with Crippen molar-refractivity contribution >= 4 is 26.8 Å². The molecular weight excluding hydrogens is 199 g/mol. The second-order valence-corrected chi connectivity index (χ2v) is 3.78. The standard InChI is InChI=1S/C9H9N2PS/c12-8-3-1-7(2-4-8)11-6-5-10-9(11)13/h1-6H,12H2,(H,10,13). The van der Waals surface area contributed by atoms with Gasteiger partial charge < -0.3 is 4.98 Å². The summed E-state index contributed by atoms with van der Waals surface area (Å²) in [4.78, 5) is 2.95. The molecule has 0 fully saturated rings. The molecule has 0 saturated carbocycles. The fourth-order valence-electron chi connectivity index (χ4n) is 1.16. The molecule has 1 heterocycles. The molecule has 0 amide bonds. The fraction of sp³-hybridized carbons (Fsp3) is 0. The van der Waals surface area contributed by atoms with E-state index in [1.807, 2.05) is 41.2 Å². The third kappa shape index (κ3) is 1.71. The van der Waals surface area contributed by atoms with Gasteiger partial charge in [0.15, 0.2) is 4.77 Å². The maximum atomic E-state index is 5.10. The van der Waals surface area contributed by atoms with Gasteiger partial charge in [-0.2, -0.15) is 0 Å². The van der Waals surface area contributed by atoms with Crippen molar-refractivity contribution in [1.82, 2.24) is 9.55 Å². The largest absolute Gasteiger partial charge is 0.337 e. The van der Waals surface area contributed by atoms with Crippen molar-refractivity contribution in [2.24, 2.45) is 0 Å². The van der Waals surface area contributed by atoms with Gasteiger partial charge in [-0.15, -0.1) is 9.24 Å². The monoisotopic (exact) mass is 208 g/mol. The first-order chi connectivity index (χ1) is 6.27. The summed E-state index contributed by atoms with van der Waals surface area (Å²) in [7, 11) is 2.65. The molecular formula is C9H9N2PS. The second kappa shape index (κ2) is 3.44. The summed E-state index contributed by atoms with van der Waals surface area (Å²) in [6, 6.07) is 8.14. The van der Waals surface area contributed by atoms with Gasteiger partial charge in [-0.25, -0.2) is 0 Å². The van der Waals surface area contributed by atoms with Gasteiger partial charge in [0.2, 0.25) is 0 Å². The minimum absolute atomic E-state index is 0.719. The predicted octanol–water partition coefficient (Wildman–Crippen LogP) is 2.04. The fourth-order valence-corrected chi connectivity index (χ4v) is 1.59. The lowest BCUT2D eigenvalue weighted by Crippen LogP contribution is -1.95. The maximum absolute atomic E-state index is 5.10. The normalized spacial score (nSPS) is 10.2. The number of aromatic amines is 1. The van der Waals surface area contributed by atoms with E-state index < -0.39 is 0 Å². The van der Waals surface area contributed by atoms with E-state index in [2.05, 4.69) is 14.2 Å². The van der Waals surface area contributed by atoms with E-state index in [1.165, 1.54) is 5.30 Å². The molecule has 1 N–H and O–H groups in total. The summed E-state index contributed by atoms with van der Waals surface area (Å²) in [5.74, 6) is 0. The second-order valence-electron chi connectivity index (χ2n) is 2.73. The first-order valence-corrected chi connectivity index (χ1v) is 4.88. The summed E-state index contributed by atoms with van der Waals surface area (Å²) < 4.78 is 2.65. The lowest BCUT2D eigenvalue weighted by molar-refractivity contribution is 1.03. The van der Waals surface area contributed by atoms with Crippen LogP contribution in [0.1, 0.15) is 0 Å². The summed E-state index contributed by atoms with van der Waals surface area (Å²) in [5, 5.41) is 1.17. The summed E-state index contributed by atoms with van der Waals surface area (Å²) in [6.45, 7) is 0. The lowest BCUT2D eigenvalue weighted by Gasteiger charge is -2.01. The summed E-state index contributed by atoms with van der Waals surface area (Å²) >= 11 is 5.10. The molecule has 2 rings (SSSR count). The molecule has 0 bridgehead atoms. The van der Waals surface area contributed by atoms with Crippen LogP contribution in [0.25, 0.3) is 5.69 Å². The van der Waals surface area contributed by atoms with E-state index in [-0.39, 0.29) is 0 Å². The van der Waals surface area contributed by atoms with Crippen LogP contribution in [0.5, 0.6) is 0 Å². The molecule has 0 radical (unpaired) electrons. The molecule has 2 nitrogen and oxygen atoms in total. The molecule has 0 spiro atoms. The third-order valence-corrected chi connectivity index (χ3v) is 2.52. The first-order valence-electron chi connectivity index (χ1n) is 3.89. The van der Waals surface area contributed by atoms with Gasteiger partial charge >= 0.3 is 0 Å². The molecule has 0 aliphatic heterocycles. The van der Waals surface area contributed by atoms with Crippen LogP contribution < -0.4 is 5.30 Å². The Labute approximate surface area is 83.8 Å². The van der Waals surface area contributed by atoms with E-state index in [9.17, 15) is 0 Å². The van der Waals surface area contributed by atoms with Gasteiger partial charge in [0, 0.05) is 18.1 Å². The Morgan fingerprint density at radius 2 is 1.92 bits per heavy atom. The van der Waals surface area contributed by atoms with Crippen molar-refractivity contribution in [2.45, 2.75) is 0 Å². The molecule has 0 saturated heterocycles. The molecule has 1 unspecified atom stereocenters. The van der Waals surface area contributed by atoms with Crippen molar-refractivity contribution in [1.29, 1.82) is 0 Å². The molecule has 1 atom stereocenters. The number of hydrogen-bond acceptors (Lipinski definition) is 1. The Morgan fingerprint density at radius 3 is 2.46 bits per heavy atom. The van der Waals surface area contributed by atoms with E-state index >= 15 is 0 Å². The van der Waals surface area contributed by atoms with Crippen LogP contribution in [-0.4, -0.2) is 9.55 Å². The molecule has 66 valence electrons. The van der Waals surface area contributed by atoms with Crippen LogP contribution >= 0.6 is 21.5 Å². The van der Waals surface area contributed by atoms with E-state index in [1.54, 1.807) is 0 Å². The quantitative estimate of drug-likeness (QED) is 0.561. The third-order valence-electron chi connectivity index (χ3n) is 1.82. The minimum atomic E-state index is 0.719. The Bertz CT molecular complexity index is 455. The van der Waals surface area contributed by atoms with Crippen LogP contribution in [0.4, 0.5) is 0 Å². The smallest absolute Gasteiger partial charge is 0.181 e. The first kappa shape index (κ1) is 8.67. The van der Waals surface area contributed by atoms with Gasteiger partial charge in [0.05, 0.1) is 0 Å². The predicted molar refractivity (Wildman–Crippen MR) is 60.3 cm³/mol. The highest BCUT2D eigenvalue weighted by molar-refractivity contribution is 7.71. The van der Waals surface area contributed by atoms with E-state index in [0.29, 0.717) is 0 Å². The average molecular weight is 208 g/mol. The van der Waals surface area contributed by atoms with Gasteiger partial charge in [0.25, 0.3) is 0 Å². The van der Waals surface area contributed by atoms with E-state index in [4.69, 9.17) is 12.2 Å². The summed E-state index contributed by atoms with van der Waals surface area (Å²) in [5.41, 5.74) is 1.08. The summed E-state index contributed by atoms with van der Waals surface area (Å²) in [6.07, 6.45) is 3.75. The molecule has 0 aliphatic rings. The lowest BCUT2D eigenvalue weighted by atomic mass is 10.3. The highest BCUT2D eigenvalue weighted by Crippen LogP contribution is 2.06. The van der Waals surface area contributed by atoms with E-state index in [0.717, 1.165) is 10.5 Å². The Morgan fingerprint density at radius 1 is 1.23 bits per heavy atom. The number of hydrogen-bond donors (Lipinski definition) is 1. The Kier molecular flexibility index (Phi) is 2.30. The maximum Gasteiger partial charge on any atom is 0.181 e. The van der Waals surface area contributed by atoms with Crippen LogP contribution in [0.15, 0.2) is 36.7 Å². The highest BCUT2D eigenvalue weighted by atomic mass is 32.1. The number of rotatable bonds is 1. The number of benzene rings is 1. The van der Waals surface area contributed by atoms with Gasteiger partial charge in [-0.1, -0.05) is 12.1 Å². The number of H-pyrrole nitrogens is 1. The molecule has 0 aliphatic carbocycles. The molecule has 1 aromatic carbocycles. The van der Waals surface area contributed by atoms with Crippen LogP contribution in [0.3, 0.4) is 0 Å². The number of nitrogens with one attached hydrogen (secondary N) is 1. The molecule has 2 aromatic rings. The molecule has 1 aromatic heterocycles. The van der Waals surface area contributed by atoms with Crippen molar-refractivity contribution in [3.05, 3.63) is 41.4 Å². The van der Waals surface area contributed by atoms with Crippen molar-refractivity contribution < 1.29 is 0 Å².